The number of nitrogens with zero attached hydrogens (tertiary/aromatic N) is 3. The number of benzene rings is 2. The quantitative estimate of drug-likeness (QED) is 0.732. The lowest BCUT2D eigenvalue weighted by Crippen LogP contribution is -2.48. The maximum absolute atomic E-state index is 12.9. The lowest BCUT2D eigenvalue weighted by molar-refractivity contribution is -0.123. The Morgan fingerprint density at radius 2 is 1.58 bits per heavy atom. The van der Waals surface area contributed by atoms with Crippen LogP contribution in [-0.2, 0) is 14.8 Å². The summed E-state index contributed by atoms with van der Waals surface area (Å²) in [7, 11) is -3.70. The highest BCUT2D eigenvalue weighted by Crippen LogP contribution is 2.35. The fourth-order valence-electron chi connectivity index (χ4n) is 4.18. The first-order valence-electron chi connectivity index (χ1n) is 10.4. The van der Waals surface area contributed by atoms with Crippen LogP contribution in [0.15, 0.2) is 48.5 Å². The first kappa shape index (κ1) is 21.4. The molecule has 0 radical (unpaired) electrons. The van der Waals surface area contributed by atoms with Gasteiger partial charge in [-0.25, -0.2) is 12.7 Å². The highest BCUT2D eigenvalue weighted by molar-refractivity contribution is 7.94. The lowest BCUT2D eigenvalue weighted by atomic mass is 9.95. The molecule has 2 aromatic carbocycles. The molecule has 8 heteroatoms. The smallest absolute Gasteiger partial charge is 0.253 e. The normalized spacial score (nSPS) is 20.2. The second-order valence-corrected chi connectivity index (χ2v) is 10.7. The highest BCUT2D eigenvalue weighted by Gasteiger charge is 2.49. The minimum Gasteiger partial charge on any atom is -0.368 e. The van der Waals surface area contributed by atoms with E-state index in [4.69, 9.17) is 0 Å². The molecular formula is C23H27N3O4S. The summed E-state index contributed by atoms with van der Waals surface area (Å²) in [4.78, 5) is 29.6. The Kier molecular flexibility index (Phi) is 5.29. The third-order valence-electron chi connectivity index (χ3n) is 5.87. The molecule has 2 aliphatic heterocycles. The summed E-state index contributed by atoms with van der Waals surface area (Å²) in [5, 5.41) is 0. The Labute approximate surface area is 183 Å². The average molecular weight is 442 g/mol. The molecular weight excluding hydrogens is 414 g/mol. The summed E-state index contributed by atoms with van der Waals surface area (Å²) in [5.74, 6) is -0.754. The van der Waals surface area contributed by atoms with Crippen LogP contribution in [-0.4, -0.2) is 57.1 Å². The Morgan fingerprint density at radius 1 is 0.935 bits per heavy atom. The molecule has 0 spiro atoms. The van der Waals surface area contributed by atoms with Crippen molar-refractivity contribution in [1.82, 2.24) is 4.90 Å². The number of carbonyl (C=O) groups excluding carboxylic acids is 2. The van der Waals surface area contributed by atoms with E-state index in [1.807, 2.05) is 11.0 Å². The molecule has 0 saturated carbocycles. The molecule has 2 fully saturated rings. The van der Waals surface area contributed by atoms with Gasteiger partial charge in [0.25, 0.3) is 5.91 Å². The van der Waals surface area contributed by atoms with E-state index in [0.29, 0.717) is 18.7 Å². The molecule has 31 heavy (non-hydrogen) atoms. The molecule has 0 bridgehead atoms. The third-order valence-corrected chi connectivity index (χ3v) is 7.89. The zero-order valence-corrected chi connectivity index (χ0v) is 18.9. The van der Waals surface area contributed by atoms with Gasteiger partial charge < -0.3 is 9.80 Å². The number of amides is 2. The maximum Gasteiger partial charge on any atom is 0.253 e. The number of sulfonamides is 1. The summed E-state index contributed by atoms with van der Waals surface area (Å²) < 4.78 is 25.8. The molecule has 7 nitrogen and oxygen atoms in total. The zero-order valence-electron chi connectivity index (χ0n) is 18.0. The van der Waals surface area contributed by atoms with Crippen molar-refractivity contribution < 1.29 is 18.0 Å². The van der Waals surface area contributed by atoms with Crippen molar-refractivity contribution in [1.29, 1.82) is 0 Å². The van der Waals surface area contributed by atoms with Gasteiger partial charge in [0.2, 0.25) is 15.9 Å². The first-order valence-corrected chi connectivity index (χ1v) is 12.0. The molecule has 2 heterocycles. The van der Waals surface area contributed by atoms with Crippen LogP contribution < -0.4 is 9.21 Å². The SMILES string of the molecule is Cc1cccc(N2CCN(C(=O)c3ccc(N4C(=O)C(C)(C)CS4(=O)=O)cc3)CC2)c1. The molecule has 4 rings (SSSR count). The third kappa shape index (κ3) is 4.04. The van der Waals surface area contributed by atoms with Crippen LogP contribution in [0, 0.1) is 12.3 Å². The number of hydrogen-bond donors (Lipinski definition) is 0. The van der Waals surface area contributed by atoms with Crippen molar-refractivity contribution in [3.8, 4) is 0 Å². The second-order valence-electron chi connectivity index (χ2n) is 8.87. The minimum absolute atomic E-state index is 0.0913. The van der Waals surface area contributed by atoms with Crippen molar-refractivity contribution in [2.24, 2.45) is 5.41 Å². The van der Waals surface area contributed by atoms with E-state index >= 15 is 0 Å². The minimum atomic E-state index is -3.70. The van der Waals surface area contributed by atoms with Crippen molar-refractivity contribution in [3.05, 3.63) is 59.7 Å². The van der Waals surface area contributed by atoms with Crippen LogP contribution in [0.5, 0.6) is 0 Å². The van der Waals surface area contributed by atoms with Crippen LogP contribution in [0.25, 0.3) is 0 Å². The van der Waals surface area contributed by atoms with Gasteiger partial charge in [-0.1, -0.05) is 12.1 Å². The van der Waals surface area contributed by atoms with E-state index in [0.717, 1.165) is 23.1 Å². The standard InChI is InChI=1S/C23H27N3O4S/c1-17-5-4-6-20(15-17)24-11-13-25(14-12-24)21(27)18-7-9-19(10-8-18)26-22(28)23(2,3)16-31(26,29)30/h4-10,15H,11-14,16H2,1-3H3. The van der Waals surface area contributed by atoms with Gasteiger partial charge in [0, 0.05) is 37.4 Å². The number of hydrogen-bond acceptors (Lipinski definition) is 5. The van der Waals surface area contributed by atoms with Gasteiger partial charge in [0.15, 0.2) is 0 Å². The Morgan fingerprint density at radius 3 is 2.13 bits per heavy atom. The fourth-order valence-corrected chi connectivity index (χ4v) is 6.28. The molecule has 2 saturated heterocycles. The molecule has 2 amide bonds. The van der Waals surface area contributed by atoms with Crippen molar-refractivity contribution in [2.45, 2.75) is 20.8 Å². The number of rotatable bonds is 3. The van der Waals surface area contributed by atoms with Gasteiger partial charge in [-0.05, 0) is 62.7 Å². The molecule has 0 atom stereocenters. The molecule has 0 unspecified atom stereocenters. The van der Waals surface area contributed by atoms with Crippen molar-refractivity contribution in [3.63, 3.8) is 0 Å². The van der Waals surface area contributed by atoms with E-state index in [-0.39, 0.29) is 17.3 Å². The van der Waals surface area contributed by atoms with Crippen LogP contribution in [0.2, 0.25) is 0 Å². The number of aryl methyl sites for hydroxylation is 1. The Hall–Kier alpha value is -2.87. The van der Waals surface area contributed by atoms with Crippen LogP contribution in [0.3, 0.4) is 0 Å². The number of carbonyl (C=O) groups is 2. The van der Waals surface area contributed by atoms with E-state index < -0.39 is 21.3 Å². The second kappa shape index (κ2) is 7.67. The summed E-state index contributed by atoms with van der Waals surface area (Å²) in [5.41, 5.74) is 2.17. The van der Waals surface area contributed by atoms with Crippen LogP contribution >= 0.6 is 0 Å². The summed E-state index contributed by atoms with van der Waals surface area (Å²) in [6.45, 7) is 8.05. The highest BCUT2D eigenvalue weighted by atomic mass is 32.2. The van der Waals surface area contributed by atoms with Gasteiger partial charge in [-0.3, -0.25) is 9.59 Å². The van der Waals surface area contributed by atoms with Crippen LogP contribution in [0.1, 0.15) is 29.8 Å². The van der Waals surface area contributed by atoms with Gasteiger partial charge in [-0.15, -0.1) is 0 Å². The largest absolute Gasteiger partial charge is 0.368 e. The first-order chi connectivity index (χ1) is 14.6. The number of anilines is 2. The zero-order chi connectivity index (χ0) is 22.4. The summed E-state index contributed by atoms with van der Waals surface area (Å²) in [6, 6.07) is 14.6. The van der Waals surface area contributed by atoms with Gasteiger partial charge >= 0.3 is 0 Å². The maximum atomic E-state index is 12.9. The molecule has 0 N–H and O–H groups in total. The lowest BCUT2D eigenvalue weighted by Gasteiger charge is -2.36. The van der Waals surface area contributed by atoms with E-state index in [1.165, 1.54) is 17.7 Å². The summed E-state index contributed by atoms with van der Waals surface area (Å²) >= 11 is 0. The van der Waals surface area contributed by atoms with E-state index in [1.54, 1.807) is 26.0 Å². The number of piperazine rings is 1. The molecule has 0 aliphatic carbocycles. The average Bonchev–Trinajstić information content (AvgIpc) is 2.90. The van der Waals surface area contributed by atoms with E-state index in [2.05, 4.69) is 30.0 Å². The van der Waals surface area contributed by atoms with Crippen molar-refractivity contribution >= 4 is 33.2 Å². The topological polar surface area (TPSA) is 78.0 Å². The van der Waals surface area contributed by atoms with Gasteiger partial charge in [0.05, 0.1) is 16.9 Å². The summed E-state index contributed by atoms with van der Waals surface area (Å²) in [6.07, 6.45) is 0. The van der Waals surface area contributed by atoms with Crippen molar-refractivity contribution in [2.75, 3.05) is 41.1 Å². The Balaban J connectivity index is 1.44. The van der Waals surface area contributed by atoms with Gasteiger partial charge in [-0.2, -0.15) is 0 Å². The molecule has 164 valence electrons. The predicted octanol–water partition coefficient (Wildman–Crippen LogP) is 2.66. The molecule has 0 aromatic heterocycles. The van der Waals surface area contributed by atoms with Gasteiger partial charge in [0.1, 0.15) is 0 Å². The Bertz CT molecular complexity index is 1120. The van der Waals surface area contributed by atoms with E-state index in [9.17, 15) is 18.0 Å². The predicted molar refractivity (Wildman–Crippen MR) is 121 cm³/mol. The van der Waals surface area contributed by atoms with Crippen LogP contribution in [0.4, 0.5) is 11.4 Å². The fraction of sp³-hybridized carbons (Fsp3) is 0.391. The molecule has 2 aliphatic rings. The molecule has 2 aromatic rings. The monoisotopic (exact) mass is 441 g/mol.